The highest BCUT2D eigenvalue weighted by Gasteiger charge is 2.25. The molecule has 1 aliphatic heterocycles. The van der Waals surface area contributed by atoms with Crippen LogP contribution < -0.4 is 0 Å². The summed E-state index contributed by atoms with van der Waals surface area (Å²) in [5.41, 5.74) is -0.419. The van der Waals surface area contributed by atoms with Gasteiger partial charge in [-0.3, -0.25) is 4.90 Å². The number of rotatable bonds is 3. The van der Waals surface area contributed by atoms with E-state index in [1.165, 1.54) is 0 Å². The van der Waals surface area contributed by atoms with Gasteiger partial charge in [-0.15, -0.1) is 11.6 Å². The SMILES string of the molecule is CC(C)(C)OC(=O)N1CCN(C/C=C/CCl)CC1. The Kier molecular flexibility index (Phi) is 5.96. The molecular weight excluding hydrogens is 252 g/mol. The second kappa shape index (κ2) is 7.00. The van der Waals surface area contributed by atoms with Gasteiger partial charge in [0.15, 0.2) is 0 Å². The fraction of sp³-hybridized carbons (Fsp3) is 0.769. The number of carbonyl (C=O) groups excluding carboxylic acids is 1. The first-order valence-electron chi connectivity index (χ1n) is 6.33. The Bertz CT molecular complexity index is 292. The summed E-state index contributed by atoms with van der Waals surface area (Å²) in [5, 5.41) is 0. The molecule has 0 saturated carbocycles. The molecule has 1 amide bonds. The van der Waals surface area contributed by atoms with Crippen molar-refractivity contribution in [1.29, 1.82) is 0 Å². The van der Waals surface area contributed by atoms with Crippen LogP contribution in [0, 0.1) is 0 Å². The summed E-state index contributed by atoms with van der Waals surface area (Å²) in [4.78, 5) is 15.9. The lowest BCUT2D eigenvalue weighted by atomic mass is 10.2. The molecule has 1 heterocycles. The Labute approximate surface area is 115 Å². The average molecular weight is 275 g/mol. The van der Waals surface area contributed by atoms with E-state index in [0.717, 1.165) is 32.7 Å². The number of ether oxygens (including phenoxy) is 1. The van der Waals surface area contributed by atoms with Crippen molar-refractivity contribution in [3.05, 3.63) is 12.2 Å². The molecule has 4 nitrogen and oxygen atoms in total. The third-order valence-corrected chi connectivity index (χ3v) is 2.82. The van der Waals surface area contributed by atoms with Crippen molar-refractivity contribution in [2.24, 2.45) is 0 Å². The molecule has 0 aliphatic carbocycles. The summed E-state index contributed by atoms with van der Waals surface area (Å²) >= 11 is 5.57. The average Bonchev–Trinajstić information content (AvgIpc) is 2.28. The van der Waals surface area contributed by atoms with Crippen LogP contribution in [0.1, 0.15) is 20.8 Å². The quantitative estimate of drug-likeness (QED) is 0.585. The van der Waals surface area contributed by atoms with E-state index in [-0.39, 0.29) is 6.09 Å². The zero-order valence-electron chi connectivity index (χ0n) is 11.5. The minimum Gasteiger partial charge on any atom is -0.444 e. The number of hydrogen-bond acceptors (Lipinski definition) is 3. The molecule has 0 radical (unpaired) electrons. The first-order valence-corrected chi connectivity index (χ1v) is 6.87. The highest BCUT2D eigenvalue weighted by Crippen LogP contribution is 2.11. The van der Waals surface area contributed by atoms with E-state index in [9.17, 15) is 4.79 Å². The first kappa shape index (κ1) is 15.3. The normalized spacial score (nSPS) is 18.3. The number of alkyl halides is 1. The second-order valence-corrected chi connectivity index (χ2v) is 5.70. The molecule has 0 spiro atoms. The number of piperazine rings is 1. The van der Waals surface area contributed by atoms with E-state index < -0.39 is 5.60 Å². The zero-order valence-corrected chi connectivity index (χ0v) is 12.2. The van der Waals surface area contributed by atoms with Gasteiger partial charge in [-0.2, -0.15) is 0 Å². The molecular formula is C13H23ClN2O2. The van der Waals surface area contributed by atoms with E-state index >= 15 is 0 Å². The Morgan fingerprint density at radius 3 is 2.33 bits per heavy atom. The molecule has 1 aliphatic rings. The van der Waals surface area contributed by atoms with Crippen LogP contribution in [-0.4, -0.2) is 60.1 Å². The predicted molar refractivity (Wildman–Crippen MR) is 74.1 cm³/mol. The minimum absolute atomic E-state index is 0.210. The predicted octanol–water partition coefficient (Wildman–Crippen LogP) is 2.33. The molecule has 1 fully saturated rings. The van der Waals surface area contributed by atoms with Gasteiger partial charge in [0, 0.05) is 38.6 Å². The van der Waals surface area contributed by atoms with E-state index in [1.807, 2.05) is 26.8 Å². The molecule has 0 N–H and O–H groups in total. The van der Waals surface area contributed by atoms with Gasteiger partial charge >= 0.3 is 6.09 Å². The maximum Gasteiger partial charge on any atom is 0.410 e. The van der Waals surface area contributed by atoms with Crippen molar-refractivity contribution in [3.63, 3.8) is 0 Å². The molecule has 1 rings (SSSR count). The van der Waals surface area contributed by atoms with Crippen LogP contribution >= 0.6 is 11.6 Å². The smallest absolute Gasteiger partial charge is 0.410 e. The molecule has 18 heavy (non-hydrogen) atoms. The van der Waals surface area contributed by atoms with E-state index in [2.05, 4.69) is 11.0 Å². The maximum atomic E-state index is 11.8. The van der Waals surface area contributed by atoms with Crippen LogP contribution in [0.15, 0.2) is 12.2 Å². The molecule has 0 atom stereocenters. The Hall–Kier alpha value is -0.740. The Morgan fingerprint density at radius 2 is 1.83 bits per heavy atom. The lowest BCUT2D eigenvalue weighted by Crippen LogP contribution is -2.49. The van der Waals surface area contributed by atoms with Gasteiger partial charge in [0.05, 0.1) is 0 Å². The lowest BCUT2D eigenvalue weighted by Gasteiger charge is -2.35. The number of nitrogens with zero attached hydrogens (tertiary/aromatic N) is 2. The third kappa shape index (κ3) is 5.74. The molecule has 1 saturated heterocycles. The second-order valence-electron chi connectivity index (χ2n) is 5.39. The summed E-state index contributed by atoms with van der Waals surface area (Å²) in [6.07, 6.45) is 3.80. The first-order chi connectivity index (χ1) is 8.42. The van der Waals surface area contributed by atoms with E-state index in [1.54, 1.807) is 4.90 Å². The van der Waals surface area contributed by atoms with Gasteiger partial charge in [-0.05, 0) is 20.8 Å². The van der Waals surface area contributed by atoms with Crippen molar-refractivity contribution >= 4 is 17.7 Å². The van der Waals surface area contributed by atoms with E-state index in [4.69, 9.17) is 16.3 Å². The molecule has 0 unspecified atom stereocenters. The highest BCUT2D eigenvalue weighted by atomic mass is 35.5. The molecule has 0 aromatic heterocycles. The van der Waals surface area contributed by atoms with Crippen molar-refractivity contribution in [1.82, 2.24) is 9.80 Å². The number of amides is 1. The maximum absolute atomic E-state index is 11.8. The van der Waals surface area contributed by atoms with Crippen LogP contribution in [0.25, 0.3) is 0 Å². The summed E-state index contributed by atoms with van der Waals surface area (Å²) in [6.45, 7) is 9.77. The van der Waals surface area contributed by atoms with Crippen LogP contribution in [0.3, 0.4) is 0 Å². The standard InChI is InChI=1S/C13H23ClN2O2/c1-13(2,3)18-12(17)16-10-8-15(9-11-16)7-5-4-6-14/h4-5H,6-11H2,1-3H3/b5-4+. The number of allylic oxidation sites excluding steroid dienone is 1. The van der Waals surface area contributed by atoms with Gasteiger partial charge in [0.25, 0.3) is 0 Å². The van der Waals surface area contributed by atoms with Crippen molar-refractivity contribution in [2.45, 2.75) is 26.4 Å². The van der Waals surface area contributed by atoms with E-state index in [0.29, 0.717) is 5.88 Å². The largest absolute Gasteiger partial charge is 0.444 e. The third-order valence-electron chi connectivity index (χ3n) is 2.64. The van der Waals surface area contributed by atoms with Crippen LogP contribution in [0.4, 0.5) is 4.79 Å². The monoisotopic (exact) mass is 274 g/mol. The summed E-state index contributed by atoms with van der Waals surface area (Å²) in [7, 11) is 0. The fourth-order valence-corrected chi connectivity index (χ4v) is 1.85. The Morgan fingerprint density at radius 1 is 1.22 bits per heavy atom. The van der Waals surface area contributed by atoms with Crippen molar-refractivity contribution < 1.29 is 9.53 Å². The fourth-order valence-electron chi connectivity index (χ4n) is 1.73. The summed E-state index contributed by atoms with van der Waals surface area (Å²) in [5.74, 6) is 0.553. The topological polar surface area (TPSA) is 32.8 Å². The van der Waals surface area contributed by atoms with Crippen molar-refractivity contribution in [3.8, 4) is 0 Å². The van der Waals surface area contributed by atoms with Gasteiger partial charge in [-0.1, -0.05) is 12.2 Å². The minimum atomic E-state index is -0.419. The van der Waals surface area contributed by atoms with Crippen LogP contribution in [0.5, 0.6) is 0 Å². The molecule has 0 aromatic carbocycles. The number of carbonyl (C=O) groups is 1. The number of halogens is 1. The van der Waals surface area contributed by atoms with Crippen molar-refractivity contribution in [2.75, 3.05) is 38.6 Å². The number of hydrogen-bond donors (Lipinski definition) is 0. The van der Waals surface area contributed by atoms with Gasteiger partial charge in [-0.25, -0.2) is 4.79 Å². The zero-order chi connectivity index (χ0) is 13.6. The van der Waals surface area contributed by atoms with Crippen LogP contribution in [-0.2, 0) is 4.74 Å². The summed E-state index contributed by atoms with van der Waals surface area (Å²) in [6, 6.07) is 0. The van der Waals surface area contributed by atoms with Gasteiger partial charge < -0.3 is 9.64 Å². The summed E-state index contributed by atoms with van der Waals surface area (Å²) < 4.78 is 5.35. The molecule has 0 bridgehead atoms. The molecule has 0 aromatic rings. The van der Waals surface area contributed by atoms with Gasteiger partial charge in [0.1, 0.15) is 5.60 Å². The molecule has 5 heteroatoms. The van der Waals surface area contributed by atoms with Crippen LogP contribution in [0.2, 0.25) is 0 Å². The Balaban J connectivity index is 2.30. The van der Waals surface area contributed by atoms with Gasteiger partial charge in [0.2, 0.25) is 0 Å². The molecule has 104 valence electrons. The lowest BCUT2D eigenvalue weighted by molar-refractivity contribution is 0.0154. The highest BCUT2D eigenvalue weighted by molar-refractivity contribution is 6.18.